The van der Waals surface area contributed by atoms with Crippen LogP contribution in [-0.4, -0.2) is 16.1 Å². The van der Waals surface area contributed by atoms with Gasteiger partial charge in [0.05, 0.1) is 17.0 Å². The number of carboxylic acids is 1. The highest BCUT2D eigenvalue weighted by molar-refractivity contribution is 6.31. The number of benzene rings is 1. The predicted octanol–water partition coefficient (Wildman–Crippen LogP) is 3.59. The molecule has 1 aromatic carbocycles. The number of nitrogens with zero attached hydrogens (tertiary/aromatic N) is 1. The number of aromatic nitrogens is 1. The summed E-state index contributed by atoms with van der Waals surface area (Å²) in [6, 6.07) is 9.30. The largest absolute Gasteiger partial charge is 0.478 e. The van der Waals surface area contributed by atoms with Gasteiger partial charge < -0.3 is 10.4 Å². The van der Waals surface area contributed by atoms with Gasteiger partial charge in [-0.25, -0.2) is 4.79 Å². The minimum atomic E-state index is -0.930. The minimum Gasteiger partial charge on any atom is -0.478 e. The molecule has 2 rings (SSSR count). The van der Waals surface area contributed by atoms with E-state index in [1.807, 2.05) is 32.0 Å². The molecule has 0 aliphatic rings. The molecule has 1 heterocycles. The van der Waals surface area contributed by atoms with E-state index < -0.39 is 5.97 Å². The van der Waals surface area contributed by atoms with E-state index in [1.165, 1.54) is 0 Å². The second-order valence-corrected chi connectivity index (χ2v) is 5.55. The van der Waals surface area contributed by atoms with Crippen LogP contribution >= 0.6 is 11.6 Å². The van der Waals surface area contributed by atoms with E-state index in [2.05, 4.69) is 10.3 Å². The molecule has 0 fully saturated rings. The van der Waals surface area contributed by atoms with Crippen molar-refractivity contribution in [3.05, 3.63) is 63.4 Å². The van der Waals surface area contributed by atoms with Gasteiger partial charge in [-0.3, -0.25) is 4.98 Å². The summed E-state index contributed by atoms with van der Waals surface area (Å²) < 4.78 is 0. The molecule has 5 heteroatoms. The zero-order chi connectivity index (χ0) is 16.1. The van der Waals surface area contributed by atoms with Crippen LogP contribution in [0.2, 0.25) is 5.02 Å². The Labute approximate surface area is 135 Å². The first kappa shape index (κ1) is 16.5. The fourth-order valence-corrected chi connectivity index (χ4v) is 2.38. The van der Waals surface area contributed by atoms with Gasteiger partial charge in [-0.15, -0.1) is 0 Å². The molecule has 0 atom stereocenters. The van der Waals surface area contributed by atoms with Gasteiger partial charge in [0.2, 0.25) is 0 Å². The average Bonchev–Trinajstić information content (AvgIpc) is 2.50. The lowest BCUT2D eigenvalue weighted by Gasteiger charge is -2.09. The van der Waals surface area contributed by atoms with Crippen LogP contribution in [0.4, 0.5) is 0 Å². The van der Waals surface area contributed by atoms with E-state index in [0.717, 1.165) is 21.8 Å². The molecule has 22 heavy (non-hydrogen) atoms. The van der Waals surface area contributed by atoms with E-state index in [4.69, 9.17) is 16.7 Å². The maximum Gasteiger partial charge on any atom is 0.337 e. The van der Waals surface area contributed by atoms with Crippen LogP contribution in [0.3, 0.4) is 0 Å². The van der Waals surface area contributed by atoms with E-state index >= 15 is 0 Å². The van der Waals surface area contributed by atoms with Gasteiger partial charge in [-0.1, -0.05) is 30.7 Å². The molecule has 0 saturated heterocycles. The van der Waals surface area contributed by atoms with E-state index in [0.29, 0.717) is 25.2 Å². The van der Waals surface area contributed by atoms with Crippen molar-refractivity contribution in [2.75, 3.05) is 0 Å². The third-order valence-electron chi connectivity index (χ3n) is 3.45. The van der Waals surface area contributed by atoms with Gasteiger partial charge in [-0.05, 0) is 42.7 Å². The second-order valence-electron chi connectivity index (χ2n) is 5.14. The zero-order valence-electron chi connectivity index (χ0n) is 12.7. The third kappa shape index (κ3) is 4.06. The van der Waals surface area contributed by atoms with Crippen molar-refractivity contribution in [2.45, 2.75) is 33.4 Å². The fraction of sp³-hybridized carbons (Fsp3) is 0.294. The molecule has 0 bridgehead atoms. The number of rotatable bonds is 6. The first-order valence-electron chi connectivity index (χ1n) is 7.19. The summed E-state index contributed by atoms with van der Waals surface area (Å²) in [6.45, 7) is 5.18. The van der Waals surface area contributed by atoms with Crippen molar-refractivity contribution in [1.82, 2.24) is 10.3 Å². The van der Waals surface area contributed by atoms with Gasteiger partial charge in [-0.2, -0.15) is 0 Å². The van der Waals surface area contributed by atoms with Crippen LogP contribution in [-0.2, 0) is 19.5 Å². The van der Waals surface area contributed by atoms with Gasteiger partial charge in [0, 0.05) is 18.1 Å². The Morgan fingerprint density at radius 1 is 1.27 bits per heavy atom. The number of carbonyl (C=O) groups is 1. The first-order valence-corrected chi connectivity index (χ1v) is 7.57. The summed E-state index contributed by atoms with van der Waals surface area (Å²) in [5.74, 6) is -0.930. The minimum absolute atomic E-state index is 0.277. The van der Waals surface area contributed by atoms with Gasteiger partial charge in [0.25, 0.3) is 0 Å². The Kier molecular flexibility index (Phi) is 5.52. The summed E-state index contributed by atoms with van der Waals surface area (Å²) >= 11 is 6.01. The summed E-state index contributed by atoms with van der Waals surface area (Å²) in [5, 5.41) is 13.2. The van der Waals surface area contributed by atoms with Crippen LogP contribution in [0.1, 0.15) is 39.8 Å². The van der Waals surface area contributed by atoms with Crippen LogP contribution in [0.5, 0.6) is 0 Å². The molecule has 0 radical (unpaired) electrons. The Hall–Kier alpha value is -1.91. The zero-order valence-corrected chi connectivity index (χ0v) is 13.4. The van der Waals surface area contributed by atoms with E-state index in [9.17, 15) is 4.79 Å². The van der Waals surface area contributed by atoms with Crippen molar-refractivity contribution in [2.24, 2.45) is 0 Å². The average molecular weight is 319 g/mol. The molecule has 0 saturated carbocycles. The lowest BCUT2D eigenvalue weighted by atomic mass is 10.1. The highest BCUT2D eigenvalue weighted by Crippen LogP contribution is 2.16. The third-order valence-corrected chi connectivity index (χ3v) is 3.88. The van der Waals surface area contributed by atoms with Crippen molar-refractivity contribution in [1.29, 1.82) is 0 Å². The molecular weight excluding hydrogens is 300 g/mol. The Morgan fingerprint density at radius 3 is 2.68 bits per heavy atom. The Bertz CT molecular complexity index is 686. The lowest BCUT2D eigenvalue weighted by molar-refractivity contribution is 0.0695. The predicted molar refractivity (Wildman–Crippen MR) is 87.3 cm³/mol. The SMILES string of the molecule is CCc1nc(CNCc2ccc(Cl)c(C)c2)ccc1C(=O)O. The molecule has 0 spiro atoms. The molecule has 0 aliphatic carbocycles. The van der Waals surface area contributed by atoms with Crippen molar-refractivity contribution >= 4 is 17.6 Å². The van der Waals surface area contributed by atoms with Crippen molar-refractivity contribution in [3.8, 4) is 0 Å². The summed E-state index contributed by atoms with van der Waals surface area (Å²) in [4.78, 5) is 15.5. The number of pyridine rings is 1. The maximum atomic E-state index is 11.1. The van der Waals surface area contributed by atoms with Gasteiger partial charge in [0.15, 0.2) is 0 Å². The van der Waals surface area contributed by atoms with Crippen molar-refractivity contribution in [3.63, 3.8) is 0 Å². The standard InChI is InChI=1S/C17H19ClN2O2/c1-3-16-14(17(21)22)6-5-13(20-16)10-19-9-12-4-7-15(18)11(2)8-12/h4-8,19H,3,9-10H2,1-2H3,(H,21,22). The van der Waals surface area contributed by atoms with Crippen LogP contribution < -0.4 is 5.32 Å². The normalized spacial score (nSPS) is 10.7. The number of hydrogen-bond acceptors (Lipinski definition) is 3. The Balaban J connectivity index is 1.99. The molecule has 4 nitrogen and oxygen atoms in total. The molecule has 0 aliphatic heterocycles. The van der Waals surface area contributed by atoms with Gasteiger partial charge in [0.1, 0.15) is 0 Å². The van der Waals surface area contributed by atoms with E-state index in [1.54, 1.807) is 12.1 Å². The van der Waals surface area contributed by atoms with Gasteiger partial charge >= 0.3 is 5.97 Å². The Morgan fingerprint density at radius 2 is 2.05 bits per heavy atom. The molecule has 2 N–H and O–H groups in total. The number of aryl methyl sites for hydroxylation is 2. The van der Waals surface area contributed by atoms with Crippen LogP contribution in [0, 0.1) is 6.92 Å². The van der Waals surface area contributed by atoms with Crippen molar-refractivity contribution < 1.29 is 9.90 Å². The van der Waals surface area contributed by atoms with Crippen LogP contribution in [0.25, 0.3) is 0 Å². The summed E-state index contributed by atoms with van der Waals surface area (Å²) in [5.41, 5.74) is 3.94. The molecule has 2 aromatic rings. The quantitative estimate of drug-likeness (QED) is 0.854. The monoisotopic (exact) mass is 318 g/mol. The lowest BCUT2D eigenvalue weighted by Crippen LogP contribution is -2.15. The first-order chi connectivity index (χ1) is 10.5. The molecule has 1 aromatic heterocycles. The smallest absolute Gasteiger partial charge is 0.337 e. The number of carboxylic acid groups (broad SMARTS) is 1. The molecule has 116 valence electrons. The topological polar surface area (TPSA) is 62.2 Å². The molecule has 0 amide bonds. The fourth-order valence-electron chi connectivity index (χ4n) is 2.26. The highest BCUT2D eigenvalue weighted by atomic mass is 35.5. The number of aromatic carboxylic acids is 1. The summed E-state index contributed by atoms with van der Waals surface area (Å²) in [6.07, 6.45) is 0.603. The number of nitrogens with one attached hydrogen (secondary N) is 1. The van der Waals surface area contributed by atoms with Crippen LogP contribution in [0.15, 0.2) is 30.3 Å². The molecule has 0 unspecified atom stereocenters. The number of halogens is 1. The molecular formula is C17H19ClN2O2. The number of hydrogen-bond donors (Lipinski definition) is 2. The maximum absolute atomic E-state index is 11.1. The van der Waals surface area contributed by atoms with E-state index in [-0.39, 0.29) is 5.56 Å². The highest BCUT2D eigenvalue weighted by Gasteiger charge is 2.10. The second kappa shape index (κ2) is 7.38. The summed E-state index contributed by atoms with van der Waals surface area (Å²) in [7, 11) is 0.